The zero-order valence-electron chi connectivity index (χ0n) is 13.3. The van der Waals surface area contributed by atoms with Crippen LogP contribution in [-0.4, -0.2) is 36.4 Å². The summed E-state index contributed by atoms with van der Waals surface area (Å²) in [6, 6.07) is 14.6. The van der Waals surface area contributed by atoms with E-state index < -0.39 is 22.0 Å². The molecule has 0 aliphatic carbocycles. The van der Waals surface area contributed by atoms with Crippen molar-refractivity contribution in [2.24, 2.45) is 0 Å². The molecule has 2 aromatic rings. The fourth-order valence-corrected chi connectivity index (χ4v) is 4.86. The second-order valence-corrected chi connectivity index (χ2v) is 7.91. The second kappa shape index (κ2) is 6.37. The number of nitrogens with zero attached hydrogens (tertiary/aromatic N) is 1. The van der Waals surface area contributed by atoms with Gasteiger partial charge in [0.25, 0.3) is 0 Å². The highest BCUT2D eigenvalue weighted by Crippen LogP contribution is 2.37. The van der Waals surface area contributed by atoms with Crippen molar-refractivity contribution >= 4 is 16.0 Å². The number of carboxylic acid groups (broad SMARTS) is 1. The summed E-state index contributed by atoms with van der Waals surface area (Å²) in [6.07, 6.45) is 0.492. The molecule has 1 N–H and O–H groups in total. The van der Waals surface area contributed by atoms with E-state index >= 15 is 0 Å². The van der Waals surface area contributed by atoms with Crippen LogP contribution in [0.1, 0.15) is 23.5 Å². The van der Waals surface area contributed by atoms with Crippen molar-refractivity contribution in [3.8, 4) is 0 Å². The summed E-state index contributed by atoms with van der Waals surface area (Å²) in [6.45, 7) is 2.07. The van der Waals surface area contributed by atoms with Crippen LogP contribution in [0.15, 0.2) is 59.5 Å². The topological polar surface area (TPSA) is 74.7 Å². The molecule has 0 spiro atoms. The molecule has 6 heteroatoms. The van der Waals surface area contributed by atoms with Crippen LogP contribution in [0.5, 0.6) is 0 Å². The van der Waals surface area contributed by atoms with Crippen molar-refractivity contribution in [1.29, 1.82) is 0 Å². The molecule has 1 aliphatic heterocycles. The quantitative estimate of drug-likeness (QED) is 0.924. The molecule has 0 amide bonds. The number of hydrogen-bond acceptors (Lipinski definition) is 3. The Morgan fingerprint density at radius 1 is 1.08 bits per heavy atom. The number of rotatable bonds is 4. The summed E-state index contributed by atoms with van der Waals surface area (Å²) in [4.78, 5) is 12.0. The maximum Gasteiger partial charge on any atom is 0.322 e. The van der Waals surface area contributed by atoms with E-state index in [1.54, 1.807) is 12.1 Å². The summed E-state index contributed by atoms with van der Waals surface area (Å²) >= 11 is 0. The summed E-state index contributed by atoms with van der Waals surface area (Å²) in [5.41, 5.74) is 1.80. The second-order valence-electron chi connectivity index (χ2n) is 6.02. The van der Waals surface area contributed by atoms with E-state index in [1.807, 2.05) is 37.3 Å². The standard InChI is InChI=1S/C18H19NO4S/c1-13-7-9-15(10-8-13)24(22,23)19-12-11-16(17(19)18(20)21)14-5-3-2-4-6-14/h2-10,16-17H,11-12H2,1H3,(H,20,21)/t16-,17+/m1/s1. The van der Waals surface area contributed by atoms with Crippen LogP contribution < -0.4 is 0 Å². The van der Waals surface area contributed by atoms with Gasteiger partial charge in [-0.15, -0.1) is 0 Å². The highest BCUT2D eigenvalue weighted by Gasteiger charge is 2.46. The Morgan fingerprint density at radius 2 is 1.71 bits per heavy atom. The van der Waals surface area contributed by atoms with Crippen LogP contribution in [0.25, 0.3) is 0 Å². The number of carbonyl (C=O) groups is 1. The van der Waals surface area contributed by atoms with E-state index in [1.165, 1.54) is 12.1 Å². The first-order valence-electron chi connectivity index (χ1n) is 7.77. The molecule has 0 bridgehead atoms. The molecule has 126 valence electrons. The van der Waals surface area contributed by atoms with Crippen molar-refractivity contribution in [3.63, 3.8) is 0 Å². The molecule has 3 rings (SSSR count). The smallest absolute Gasteiger partial charge is 0.322 e. The number of hydrogen-bond donors (Lipinski definition) is 1. The molecule has 2 atom stereocenters. The average molecular weight is 345 g/mol. The predicted molar refractivity (Wildman–Crippen MR) is 90.3 cm³/mol. The van der Waals surface area contributed by atoms with Crippen LogP contribution in [0, 0.1) is 6.92 Å². The van der Waals surface area contributed by atoms with Crippen molar-refractivity contribution in [2.75, 3.05) is 6.54 Å². The third-order valence-electron chi connectivity index (χ3n) is 4.46. The maximum atomic E-state index is 12.9. The Balaban J connectivity index is 1.98. The molecule has 0 radical (unpaired) electrons. The van der Waals surface area contributed by atoms with Gasteiger partial charge in [0.15, 0.2) is 0 Å². The highest BCUT2D eigenvalue weighted by atomic mass is 32.2. The Labute approximate surface area is 141 Å². The van der Waals surface area contributed by atoms with Gasteiger partial charge < -0.3 is 5.11 Å². The lowest BCUT2D eigenvalue weighted by Gasteiger charge is -2.24. The van der Waals surface area contributed by atoms with Crippen LogP contribution >= 0.6 is 0 Å². The number of aryl methyl sites for hydroxylation is 1. The van der Waals surface area contributed by atoms with E-state index in [2.05, 4.69) is 0 Å². The molecule has 1 saturated heterocycles. The molecule has 0 aromatic heterocycles. The van der Waals surface area contributed by atoms with E-state index in [-0.39, 0.29) is 17.4 Å². The first kappa shape index (κ1) is 16.7. The summed E-state index contributed by atoms with van der Waals surface area (Å²) in [7, 11) is -3.84. The lowest BCUT2D eigenvalue weighted by molar-refractivity contribution is -0.141. The first-order valence-corrected chi connectivity index (χ1v) is 9.21. The van der Waals surface area contributed by atoms with Crippen LogP contribution in [-0.2, 0) is 14.8 Å². The third kappa shape index (κ3) is 2.95. The minimum absolute atomic E-state index is 0.132. The predicted octanol–water partition coefficient (Wildman–Crippen LogP) is 2.63. The van der Waals surface area contributed by atoms with Crippen LogP contribution in [0.4, 0.5) is 0 Å². The number of benzene rings is 2. The average Bonchev–Trinajstić information content (AvgIpc) is 3.02. The van der Waals surface area contributed by atoms with Gasteiger partial charge in [-0.25, -0.2) is 8.42 Å². The largest absolute Gasteiger partial charge is 0.480 e. The zero-order valence-corrected chi connectivity index (χ0v) is 14.1. The van der Waals surface area contributed by atoms with Crippen molar-refractivity contribution in [3.05, 3.63) is 65.7 Å². The Kier molecular flexibility index (Phi) is 4.43. The summed E-state index contributed by atoms with van der Waals surface area (Å²) in [5, 5.41) is 9.66. The van der Waals surface area contributed by atoms with Gasteiger partial charge >= 0.3 is 5.97 Å². The summed E-state index contributed by atoms with van der Waals surface area (Å²) < 4.78 is 26.9. The van der Waals surface area contributed by atoms with Gasteiger partial charge in [0, 0.05) is 12.5 Å². The van der Waals surface area contributed by atoms with Gasteiger partial charge in [-0.3, -0.25) is 4.79 Å². The number of aliphatic carboxylic acids is 1. The molecule has 0 saturated carbocycles. The molecule has 1 heterocycles. The molecule has 0 unspecified atom stereocenters. The van der Waals surface area contributed by atoms with Gasteiger partial charge in [-0.2, -0.15) is 4.31 Å². The summed E-state index contributed by atoms with van der Waals surface area (Å²) in [5.74, 6) is -1.46. The van der Waals surface area contributed by atoms with E-state index in [0.29, 0.717) is 6.42 Å². The van der Waals surface area contributed by atoms with Crippen LogP contribution in [0.2, 0.25) is 0 Å². The van der Waals surface area contributed by atoms with Gasteiger partial charge in [0.05, 0.1) is 4.90 Å². The Bertz CT molecular complexity index is 831. The van der Waals surface area contributed by atoms with Crippen molar-refractivity contribution in [2.45, 2.75) is 30.2 Å². The molecular weight excluding hydrogens is 326 g/mol. The minimum Gasteiger partial charge on any atom is -0.480 e. The van der Waals surface area contributed by atoms with Gasteiger partial charge in [0.2, 0.25) is 10.0 Å². The zero-order chi connectivity index (χ0) is 17.3. The van der Waals surface area contributed by atoms with Crippen molar-refractivity contribution < 1.29 is 18.3 Å². The van der Waals surface area contributed by atoms with Gasteiger partial charge in [-0.1, -0.05) is 48.0 Å². The van der Waals surface area contributed by atoms with E-state index in [0.717, 1.165) is 15.4 Å². The Morgan fingerprint density at radius 3 is 2.29 bits per heavy atom. The minimum atomic E-state index is -3.84. The highest BCUT2D eigenvalue weighted by molar-refractivity contribution is 7.89. The monoisotopic (exact) mass is 345 g/mol. The fraction of sp³-hybridized carbons (Fsp3) is 0.278. The van der Waals surface area contributed by atoms with Gasteiger partial charge in [-0.05, 0) is 31.0 Å². The lowest BCUT2D eigenvalue weighted by Crippen LogP contribution is -2.42. The van der Waals surface area contributed by atoms with Crippen LogP contribution in [0.3, 0.4) is 0 Å². The van der Waals surface area contributed by atoms with E-state index in [9.17, 15) is 18.3 Å². The molecule has 1 fully saturated rings. The van der Waals surface area contributed by atoms with Crippen molar-refractivity contribution in [1.82, 2.24) is 4.31 Å². The first-order chi connectivity index (χ1) is 11.4. The SMILES string of the molecule is Cc1ccc(S(=O)(=O)N2CC[C@H](c3ccccc3)[C@H]2C(=O)O)cc1. The number of carboxylic acids is 1. The molecular formula is C18H19NO4S. The maximum absolute atomic E-state index is 12.9. The molecule has 5 nitrogen and oxygen atoms in total. The molecule has 1 aliphatic rings. The normalized spacial score (nSPS) is 21.7. The fourth-order valence-electron chi connectivity index (χ4n) is 3.22. The Hall–Kier alpha value is -2.18. The number of sulfonamides is 1. The molecule has 24 heavy (non-hydrogen) atoms. The van der Waals surface area contributed by atoms with Gasteiger partial charge in [0.1, 0.15) is 6.04 Å². The third-order valence-corrected chi connectivity index (χ3v) is 6.36. The molecule has 2 aromatic carbocycles. The lowest BCUT2D eigenvalue weighted by atomic mass is 9.92. The van der Waals surface area contributed by atoms with E-state index in [4.69, 9.17) is 0 Å².